The molecule has 10 heteroatoms. The van der Waals surface area contributed by atoms with Crippen molar-refractivity contribution in [2.24, 2.45) is 5.10 Å². The minimum Gasteiger partial charge on any atom is -0.282 e. The number of alkyl halides is 3. The third kappa shape index (κ3) is 3.27. The van der Waals surface area contributed by atoms with Crippen LogP contribution in [0, 0.1) is 11.7 Å². The number of aryl methyl sites for hydroxylation is 1. The lowest BCUT2D eigenvalue weighted by Gasteiger charge is -2.05. The molecule has 0 atom stereocenters. The number of hydrogen-bond donors (Lipinski definition) is 2. The van der Waals surface area contributed by atoms with E-state index in [0.717, 1.165) is 17.8 Å². The predicted molar refractivity (Wildman–Crippen MR) is 84.2 cm³/mol. The molecule has 0 fully saturated rings. The summed E-state index contributed by atoms with van der Waals surface area (Å²) in [7, 11) is 0. The van der Waals surface area contributed by atoms with Gasteiger partial charge in [0.1, 0.15) is 5.69 Å². The minimum atomic E-state index is -4.37. The monoisotopic (exact) mass is 352 g/mol. The molecule has 3 aromatic rings. The van der Waals surface area contributed by atoms with E-state index < -0.39 is 11.7 Å². The van der Waals surface area contributed by atoms with Crippen molar-refractivity contribution < 1.29 is 13.2 Å². The number of rotatable bonds is 3. The fourth-order valence-corrected chi connectivity index (χ4v) is 2.16. The van der Waals surface area contributed by atoms with Gasteiger partial charge in [-0.2, -0.15) is 33.1 Å². The molecule has 0 bridgehead atoms. The largest absolute Gasteiger partial charge is 0.416 e. The maximum Gasteiger partial charge on any atom is 0.416 e. The topological polar surface area (TPSA) is 74.7 Å². The lowest BCUT2D eigenvalue weighted by molar-refractivity contribution is -0.137. The van der Waals surface area contributed by atoms with E-state index in [-0.39, 0.29) is 4.77 Å². The molecule has 1 aromatic carbocycles. The average Bonchev–Trinajstić information content (AvgIpc) is 3.11. The van der Waals surface area contributed by atoms with E-state index >= 15 is 0 Å². The van der Waals surface area contributed by atoms with Crippen LogP contribution in [0.5, 0.6) is 0 Å². The van der Waals surface area contributed by atoms with E-state index in [9.17, 15) is 13.2 Å². The summed E-state index contributed by atoms with van der Waals surface area (Å²) >= 11 is 5.11. The normalized spacial score (nSPS) is 12.2. The zero-order valence-electron chi connectivity index (χ0n) is 12.3. The van der Waals surface area contributed by atoms with Crippen molar-refractivity contribution in [1.82, 2.24) is 25.1 Å². The van der Waals surface area contributed by atoms with E-state index in [1.165, 1.54) is 23.0 Å². The molecule has 0 saturated heterocycles. The molecular weight excluding hydrogens is 341 g/mol. The standard InChI is InChI=1S/C14H11F3N6S/c1-8-6-11(20-19-8)12-21-22-13(24)23(12)18-7-9-2-4-10(5-3-9)14(15,16)17/h2-7H,1H3,(H,19,20)(H,22,24)/b18-7+. The maximum atomic E-state index is 12.6. The van der Waals surface area contributed by atoms with Gasteiger partial charge in [0.15, 0.2) is 0 Å². The molecule has 0 unspecified atom stereocenters. The Hall–Kier alpha value is -2.75. The first kappa shape index (κ1) is 16.1. The molecule has 2 aromatic heterocycles. The van der Waals surface area contributed by atoms with E-state index in [2.05, 4.69) is 25.5 Å². The summed E-state index contributed by atoms with van der Waals surface area (Å²) in [5.74, 6) is 0.396. The first-order chi connectivity index (χ1) is 11.3. The first-order valence-electron chi connectivity index (χ1n) is 6.76. The summed E-state index contributed by atoms with van der Waals surface area (Å²) in [6.07, 6.45) is -2.97. The molecule has 6 nitrogen and oxygen atoms in total. The highest BCUT2D eigenvalue weighted by atomic mass is 32.1. The Morgan fingerprint density at radius 3 is 2.46 bits per heavy atom. The molecule has 0 amide bonds. The third-order valence-electron chi connectivity index (χ3n) is 3.15. The van der Waals surface area contributed by atoms with Crippen LogP contribution < -0.4 is 0 Å². The van der Waals surface area contributed by atoms with Crippen LogP contribution in [0.1, 0.15) is 16.8 Å². The predicted octanol–water partition coefficient (Wildman–Crippen LogP) is 3.54. The zero-order chi connectivity index (χ0) is 17.3. The average molecular weight is 352 g/mol. The van der Waals surface area contributed by atoms with Gasteiger partial charge in [0.05, 0.1) is 11.8 Å². The van der Waals surface area contributed by atoms with Gasteiger partial charge in [-0.3, -0.25) is 5.10 Å². The van der Waals surface area contributed by atoms with Crippen LogP contribution in [0.4, 0.5) is 13.2 Å². The van der Waals surface area contributed by atoms with E-state index in [0.29, 0.717) is 17.1 Å². The molecule has 124 valence electrons. The summed E-state index contributed by atoms with van der Waals surface area (Å²) in [4.78, 5) is 0. The molecule has 0 aliphatic carbocycles. The second kappa shape index (κ2) is 6.04. The van der Waals surface area contributed by atoms with Crippen molar-refractivity contribution >= 4 is 18.4 Å². The first-order valence-corrected chi connectivity index (χ1v) is 7.17. The number of nitrogens with one attached hydrogen (secondary N) is 2. The fourth-order valence-electron chi connectivity index (χ4n) is 1.98. The molecular formula is C14H11F3N6S. The summed E-state index contributed by atoms with van der Waals surface area (Å²) in [6, 6.07) is 6.42. The molecule has 0 aliphatic heterocycles. The van der Waals surface area contributed by atoms with Crippen LogP contribution in [0.2, 0.25) is 0 Å². The molecule has 0 aliphatic rings. The third-order valence-corrected chi connectivity index (χ3v) is 3.41. The molecule has 0 saturated carbocycles. The Morgan fingerprint density at radius 1 is 1.17 bits per heavy atom. The van der Waals surface area contributed by atoms with Crippen LogP contribution in [0.15, 0.2) is 35.4 Å². The molecule has 24 heavy (non-hydrogen) atoms. The van der Waals surface area contributed by atoms with Gasteiger partial charge in [0, 0.05) is 5.69 Å². The van der Waals surface area contributed by atoms with Gasteiger partial charge >= 0.3 is 6.18 Å². The number of benzene rings is 1. The van der Waals surface area contributed by atoms with Crippen molar-refractivity contribution in [1.29, 1.82) is 0 Å². The number of aromatic nitrogens is 5. The Kier molecular flexibility index (Phi) is 4.06. The van der Waals surface area contributed by atoms with Crippen molar-refractivity contribution in [2.75, 3.05) is 0 Å². The van der Waals surface area contributed by atoms with Crippen molar-refractivity contribution in [3.05, 3.63) is 51.9 Å². The van der Waals surface area contributed by atoms with Crippen molar-refractivity contribution in [3.8, 4) is 11.5 Å². The van der Waals surface area contributed by atoms with Gasteiger partial charge in [-0.25, -0.2) is 5.10 Å². The number of aromatic amines is 2. The van der Waals surface area contributed by atoms with E-state index in [4.69, 9.17) is 12.2 Å². The fraction of sp³-hybridized carbons (Fsp3) is 0.143. The Bertz CT molecular complexity index is 933. The summed E-state index contributed by atoms with van der Waals surface area (Å²) in [6.45, 7) is 1.84. The molecule has 0 spiro atoms. The van der Waals surface area contributed by atoms with Gasteiger partial charge in [0.25, 0.3) is 0 Å². The maximum absolute atomic E-state index is 12.6. The lowest BCUT2D eigenvalue weighted by atomic mass is 10.1. The van der Waals surface area contributed by atoms with Crippen LogP contribution >= 0.6 is 12.2 Å². The highest BCUT2D eigenvalue weighted by Gasteiger charge is 2.29. The van der Waals surface area contributed by atoms with Crippen LogP contribution in [-0.4, -0.2) is 31.3 Å². The number of halogens is 3. The lowest BCUT2D eigenvalue weighted by Crippen LogP contribution is -2.04. The molecule has 3 rings (SSSR count). The number of hydrogen-bond acceptors (Lipinski definition) is 4. The molecule has 2 heterocycles. The minimum absolute atomic E-state index is 0.244. The smallest absolute Gasteiger partial charge is 0.282 e. The number of nitrogens with zero attached hydrogens (tertiary/aromatic N) is 4. The quantitative estimate of drug-likeness (QED) is 0.559. The molecule has 2 N–H and O–H groups in total. The van der Waals surface area contributed by atoms with Crippen molar-refractivity contribution in [3.63, 3.8) is 0 Å². The van der Waals surface area contributed by atoms with Crippen molar-refractivity contribution in [2.45, 2.75) is 13.1 Å². The zero-order valence-corrected chi connectivity index (χ0v) is 13.1. The van der Waals surface area contributed by atoms with Gasteiger partial charge < -0.3 is 0 Å². The van der Waals surface area contributed by atoms with Gasteiger partial charge in [0.2, 0.25) is 10.6 Å². The van der Waals surface area contributed by atoms with Crippen LogP contribution in [0.25, 0.3) is 11.5 Å². The second-order valence-corrected chi connectivity index (χ2v) is 5.35. The Morgan fingerprint density at radius 2 is 1.88 bits per heavy atom. The van der Waals surface area contributed by atoms with E-state index in [1.54, 1.807) is 6.07 Å². The van der Waals surface area contributed by atoms with Crippen LogP contribution in [-0.2, 0) is 6.18 Å². The Balaban J connectivity index is 1.90. The SMILES string of the molecule is Cc1cc(-c2n[nH]c(=S)n2/N=C/c2ccc(C(F)(F)F)cc2)n[nH]1. The van der Waals surface area contributed by atoms with E-state index in [1.807, 2.05) is 6.92 Å². The van der Waals surface area contributed by atoms with Gasteiger partial charge in [-0.05, 0) is 42.9 Å². The second-order valence-electron chi connectivity index (χ2n) is 4.96. The summed E-state index contributed by atoms with van der Waals surface area (Å²) in [5, 5.41) is 17.7. The highest BCUT2D eigenvalue weighted by molar-refractivity contribution is 7.71. The van der Waals surface area contributed by atoms with Gasteiger partial charge in [-0.1, -0.05) is 12.1 Å². The number of H-pyrrole nitrogens is 2. The highest BCUT2D eigenvalue weighted by Crippen LogP contribution is 2.28. The summed E-state index contributed by atoms with van der Waals surface area (Å²) in [5.41, 5.74) is 1.17. The van der Waals surface area contributed by atoms with Gasteiger partial charge in [-0.15, -0.1) is 0 Å². The molecule has 0 radical (unpaired) electrons. The Labute approximate surface area is 139 Å². The summed E-state index contributed by atoms with van der Waals surface area (Å²) < 4.78 is 39.2. The van der Waals surface area contributed by atoms with Crippen LogP contribution in [0.3, 0.4) is 0 Å².